The molecular weight excluding hydrogens is 576 g/mol. The monoisotopic (exact) mass is 621 g/mol. The molecule has 1 unspecified atom stereocenters. The van der Waals surface area contributed by atoms with E-state index in [1.807, 2.05) is 69.3 Å². The molecule has 236 valence electrons. The van der Waals surface area contributed by atoms with Gasteiger partial charge in [0.1, 0.15) is 18.0 Å². The predicted molar refractivity (Wildman–Crippen MR) is 172 cm³/mol. The van der Waals surface area contributed by atoms with Crippen molar-refractivity contribution in [2.45, 2.75) is 76.2 Å². The Labute approximate surface area is 261 Å². The second-order valence-electron chi connectivity index (χ2n) is 13.1. The number of fused-ring (bicyclic) bond motifs is 3. The minimum atomic E-state index is -4.62. The van der Waals surface area contributed by atoms with E-state index in [0.29, 0.717) is 19.4 Å². The zero-order valence-corrected chi connectivity index (χ0v) is 27.1. The predicted octanol–water partition coefficient (Wildman–Crippen LogP) is 6.68. The molecule has 0 bridgehead atoms. The molecule has 1 aliphatic rings. The number of ether oxygens (including phenoxy) is 1. The molecule has 2 atom stereocenters. The standard InChI is InChI=1S/C35H44N2O6S/c1-24(2)22-37(32(33(38)39)16-10-11-21-36,44(41,42)26-19-17-25(18-20-26)35(3,4)5)34(40)43-23-31-29-14-8-6-12-27(29)28-13-7-9-15-30(28)31/h6-9,12-15,17-20,24,31-32H,10-11,16,21-23,36H2,1-5H3/p+1/t32-,37?/m0/s1. The number of carbonyl (C=O) groups excluding carboxylic acids is 1. The number of nitrogens with two attached hydrogens (primary N) is 1. The second-order valence-corrected chi connectivity index (χ2v) is 15.1. The number of unbranched alkanes of at least 4 members (excludes halogenated alkanes) is 1. The lowest BCUT2D eigenvalue weighted by Crippen LogP contribution is -2.66. The molecular formula is C35H45N2O6S+. The lowest BCUT2D eigenvalue weighted by atomic mass is 9.87. The quantitative estimate of drug-likeness (QED) is 0.171. The topological polar surface area (TPSA) is 124 Å². The van der Waals surface area contributed by atoms with E-state index in [4.69, 9.17) is 10.5 Å². The van der Waals surface area contributed by atoms with Crippen molar-refractivity contribution in [2.75, 3.05) is 19.7 Å². The molecule has 1 amide bonds. The fourth-order valence-corrected chi connectivity index (χ4v) is 8.38. The van der Waals surface area contributed by atoms with E-state index in [0.717, 1.165) is 27.8 Å². The van der Waals surface area contributed by atoms with Gasteiger partial charge in [0.05, 0.1) is 0 Å². The molecule has 4 rings (SSSR count). The molecule has 0 heterocycles. The molecule has 3 aromatic carbocycles. The Balaban J connectivity index is 1.83. The normalized spacial score (nSPS) is 15.3. The summed E-state index contributed by atoms with van der Waals surface area (Å²) in [4.78, 5) is 27.3. The summed E-state index contributed by atoms with van der Waals surface area (Å²) < 4.78 is 34.1. The van der Waals surface area contributed by atoms with Gasteiger partial charge in [-0.3, -0.25) is 0 Å². The van der Waals surface area contributed by atoms with Crippen molar-refractivity contribution in [3.63, 3.8) is 0 Å². The van der Waals surface area contributed by atoms with E-state index >= 15 is 0 Å². The van der Waals surface area contributed by atoms with E-state index in [2.05, 4.69) is 0 Å². The van der Waals surface area contributed by atoms with Crippen LogP contribution in [-0.4, -0.2) is 55.2 Å². The third kappa shape index (κ3) is 6.32. The van der Waals surface area contributed by atoms with Gasteiger partial charge in [-0.05, 0) is 64.8 Å². The van der Waals surface area contributed by atoms with Crippen molar-refractivity contribution in [1.82, 2.24) is 0 Å². The number of hydrogen-bond acceptors (Lipinski definition) is 6. The summed E-state index contributed by atoms with van der Waals surface area (Å²) in [7, 11) is -4.62. The minimum absolute atomic E-state index is 0.0528. The summed E-state index contributed by atoms with van der Waals surface area (Å²) >= 11 is 0. The third-order valence-electron chi connectivity index (χ3n) is 8.45. The van der Waals surface area contributed by atoms with E-state index < -0.39 is 32.0 Å². The first-order valence-electron chi connectivity index (χ1n) is 15.3. The van der Waals surface area contributed by atoms with Gasteiger partial charge in [0, 0.05) is 18.3 Å². The molecule has 9 heteroatoms. The van der Waals surface area contributed by atoms with Crippen molar-refractivity contribution >= 4 is 22.1 Å². The van der Waals surface area contributed by atoms with E-state index in [1.54, 1.807) is 26.0 Å². The van der Waals surface area contributed by atoms with Crippen LogP contribution in [0.15, 0.2) is 77.7 Å². The smallest absolute Gasteiger partial charge is 0.477 e. The van der Waals surface area contributed by atoms with Gasteiger partial charge in [0.2, 0.25) is 6.04 Å². The van der Waals surface area contributed by atoms with Crippen LogP contribution in [0.5, 0.6) is 0 Å². The fraction of sp³-hybridized carbons (Fsp3) is 0.429. The molecule has 0 aromatic heterocycles. The zero-order valence-electron chi connectivity index (χ0n) is 26.3. The first-order chi connectivity index (χ1) is 20.8. The SMILES string of the molecule is CC(C)C[N+](C(=O)OCC1c2ccccc2-c2ccccc21)([C@@H](CCCCN)C(=O)O)S(=O)(=O)c1ccc(C(C)(C)C)cc1. The van der Waals surface area contributed by atoms with Crippen LogP contribution in [-0.2, 0) is 25.0 Å². The summed E-state index contributed by atoms with van der Waals surface area (Å²) in [6, 6.07) is 20.5. The van der Waals surface area contributed by atoms with Crippen LogP contribution in [0.4, 0.5) is 4.79 Å². The van der Waals surface area contributed by atoms with E-state index in [-0.39, 0.29) is 41.7 Å². The Hall–Kier alpha value is -3.53. The minimum Gasteiger partial charge on any atom is -0.477 e. The van der Waals surface area contributed by atoms with E-state index in [9.17, 15) is 23.1 Å². The summed E-state index contributed by atoms with van der Waals surface area (Å²) in [5.74, 6) is -2.04. The van der Waals surface area contributed by atoms with Crippen molar-refractivity contribution in [3.8, 4) is 11.1 Å². The highest BCUT2D eigenvalue weighted by Gasteiger charge is 2.60. The van der Waals surface area contributed by atoms with Crippen LogP contribution in [0.1, 0.15) is 76.5 Å². The molecule has 8 nitrogen and oxygen atoms in total. The molecule has 0 saturated heterocycles. The van der Waals surface area contributed by atoms with Crippen molar-refractivity contribution in [1.29, 1.82) is 0 Å². The Morgan fingerprint density at radius 1 is 0.909 bits per heavy atom. The molecule has 44 heavy (non-hydrogen) atoms. The summed E-state index contributed by atoms with van der Waals surface area (Å²) in [5.41, 5.74) is 10.4. The van der Waals surface area contributed by atoms with Crippen molar-refractivity contribution < 1.29 is 31.7 Å². The van der Waals surface area contributed by atoms with E-state index in [1.165, 1.54) is 12.1 Å². The van der Waals surface area contributed by atoms with Gasteiger partial charge in [-0.25, -0.2) is 4.79 Å². The number of benzene rings is 3. The molecule has 0 radical (unpaired) electrons. The van der Waals surface area contributed by atoms with Crippen molar-refractivity contribution in [3.05, 3.63) is 89.5 Å². The van der Waals surface area contributed by atoms with Crippen LogP contribution in [0, 0.1) is 5.92 Å². The number of quaternary nitrogens is 1. The number of aliphatic carboxylic acids is 1. The van der Waals surface area contributed by atoms with Crippen LogP contribution in [0.2, 0.25) is 0 Å². The molecule has 3 aromatic rings. The molecule has 1 aliphatic carbocycles. The van der Waals surface area contributed by atoms with Gasteiger partial charge in [-0.2, -0.15) is 13.2 Å². The number of carboxylic acids is 1. The average molecular weight is 622 g/mol. The summed E-state index contributed by atoms with van der Waals surface area (Å²) in [5, 5.41) is 10.6. The number of hydrogen-bond donors (Lipinski definition) is 2. The average Bonchev–Trinajstić information content (AvgIpc) is 3.30. The molecule has 0 fully saturated rings. The van der Waals surface area contributed by atoms with Gasteiger partial charge < -0.3 is 15.6 Å². The zero-order chi connectivity index (χ0) is 32.3. The highest BCUT2D eigenvalue weighted by Crippen LogP contribution is 2.45. The van der Waals surface area contributed by atoms with Crippen LogP contribution in [0.25, 0.3) is 11.1 Å². The number of carbonyl (C=O) groups is 2. The van der Waals surface area contributed by atoms with Gasteiger partial charge in [0.25, 0.3) is 0 Å². The highest BCUT2D eigenvalue weighted by atomic mass is 32.2. The van der Waals surface area contributed by atoms with Gasteiger partial charge in [-0.1, -0.05) is 95.3 Å². The van der Waals surface area contributed by atoms with Crippen molar-refractivity contribution in [2.24, 2.45) is 11.7 Å². The third-order valence-corrected chi connectivity index (χ3v) is 10.7. The number of amides is 1. The summed E-state index contributed by atoms with van der Waals surface area (Å²) in [6.07, 6.45) is -0.291. The fourth-order valence-electron chi connectivity index (χ4n) is 6.25. The highest BCUT2D eigenvalue weighted by molar-refractivity contribution is 7.86. The van der Waals surface area contributed by atoms with Crippen LogP contribution >= 0.6 is 0 Å². The Kier molecular flexibility index (Phi) is 10.0. The number of nitrogens with zero attached hydrogens (tertiary/aromatic N) is 1. The number of sulfonamides is 1. The van der Waals surface area contributed by atoms with Crippen LogP contribution in [0.3, 0.4) is 0 Å². The maximum Gasteiger partial charge on any atom is 0.532 e. The lowest BCUT2D eigenvalue weighted by molar-refractivity contribution is -0.755. The molecule has 0 saturated carbocycles. The maximum absolute atomic E-state index is 14.7. The first kappa shape index (κ1) is 33.4. The van der Waals surface area contributed by atoms with Gasteiger partial charge in [0.15, 0.2) is 0 Å². The van der Waals surface area contributed by atoms with Gasteiger partial charge in [-0.15, -0.1) is 3.89 Å². The first-order valence-corrected chi connectivity index (χ1v) is 16.7. The Morgan fingerprint density at radius 2 is 1.45 bits per heavy atom. The lowest BCUT2D eigenvalue weighted by Gasteiger charge is -2.38. The van der Waals surface area contributed by atoms with Gasteiger partial charge >= 0.3 is 22.1 Å². The number of carboxylic acid groups (broad SMARTS) is 1. The Bertz CT molecular complexity index is 1550. The maximum atomic E-state index is 14.7. The number of rotatable bonds is 12. The Morgan fingerprint density at radius 3 is 1.93 bits per heavy atom. The molecule has 3 N–H and O–H groups in total. The second kappa shape index (κ2) is 13.2. The molecule has 0 aliphatic heterocycles. The summed E-state index contributed by atoms with van der Waals surface area (Å²) in [6.45, 7) is 9.54. The van der Waals surface area contributed by atoms with Crippen LogP contribution < -0.4 is 5.73 Å². The molecule has 0 spiro atoms. The largest absolute Gasteiger partial charge is 0.532 e.